The minimum atomic E-state index is 0.541. The zero-order valence-electron chi connectivity index (χ0n) is 12.5. The van der Waals surface area contributed by atoms with E-state index in [0.717, 1.165) is 19.5 Å². The molecule has 1 aromatic rings. The molecule has 1 unspecified atom stereocenters. The highest BCUT2D eigenvalue weighted by molar-refractivity contribution is 5.55. The molecule has 1 fully saturated rings. The van der Waals surface area contributed by atoms with Gasteiger partial charge in [0.15, 0.2) is 0 Å². The number of benzene rings is 1. The van der Waals surface area contributed by atoms with E-state index in [4.69, 9.17) is 0 Å². The molecule has 19 heavy (non-hydrogen) atoms. The molecule has 0 aliphatic carbocycles. The number of nitrogens with zero attached hydrogens (tertiary/aromatic N) is 2. The Hall–Kier alpha value is -1.22. The monoisotopic (exact) mass is 261 g/mol. The normalized spacial score (nSPS) is 18.4. The fourth-order valence-electron chi connectivity index (χ4n) is 2.48. The van der Waals surface area contributed by atoms with E-state index in [0.29, 0.717) is 6.04 Å². The summed E-state index contributed by atoms with van der Waals surface area (Å²) >= 11 is 0. The van der Waals surface area contributed by atoms with E-state index < -0.39 is 0 Å². The lowest BCUT2D eigenvalue weighted by Crippen LogP contribution is -2.46. The minimum Gasteiger partial charge on any atom is -0.383 e. The SMILES string of the molecule is CCC(C)Nc1ccc(N2CCN(CC)CC2)cc1. The molecule has 0 spiro atoms. The fourth-order valence-corrected chi connectivity index (χ4v) is 2.48. The molecule has 1 atom stereocenters. The number of rotatable bonds is 5. The Balaban J connectivity index is 1.91. The number of likely N-dealkylation sites (N-methyl/N-ethyl adjacent to an activating group) is 1. The molecule has 1 aromatic carbocycles. The van der Waals surface area contributed by atoms with Crippen LogP contribution in [-0.4, -0.2) is 43.7 Å². The quantitative estimate of drug-likeness (QED) is 0.879. The predicted octanol–water partition coefficient (Wildman–Crippen LogP) is 3.04. The predicted molar refractivity (Wildman–Crippen MR) is 84.1 cm³/mol. The molecule has 0 bridgehead atoms. The molecule has 1 saturated heterocycles. The molecule has 0 aromatic heterocycles. The third kappa shape index (κ3) is 3.87. The van der Waals surface area contributed by atoms with Crippen LogP contribution in [0.1, 0.15) is 27.2 Å². The smallest absolute Gasteiger partial charge is 0.0368 e. The topological polar surface area (TPSA) is 18.5 Å². The maximum Gasteiger partial charge on any atom is 0.0368 e. The molecule has 1 N–H and O–H groups in total. The van der Waals surface area contributed by atoms with Gasteiger partial charge in [-0.3, -0.25) is 0 Å². The highest BCUT2D eigenvalue weighted by Gasteiger charge is 2.15. The Morgan fingerprint density at radius 1 is 1.05 bits per heavy atom. The highest BCUT2D eigenvalue weighted by Crippen LogP contribution is 2.20. The van der Waals surface area contributed by atoms with Gasteiger partial charge in [-0.25, -0.2) is 0 Å². The van der Waals surface area contributed by atoms with Crippen LogP contribution in [0.4, 0.5) is 11.4 Å². The van der Waals surface area contributed by atoms with Crippen molar-refractivity contribution >= 4 is 11.4 Å². The Morgan fingerprint density at radius 2 is 1.68 bits per heavy atom. The first-order chi connectivity index (χ1) is 9.22. The molecule has 0 amide bonds. The van der Waals surface area contributed by atoms with E-state index in [1.165, 1.54) is 31.0 Å². The average Bonchev–Trinajstić information content (AvgIpc) is 2.48. The maximum absolute atomic E-state index is 3.51. The van der Waals surface area contributed by atoms with Crippen molar-refractivity contribution in [2.24, 2.45) is 0 Å². The van der Waals surface area contributed by atoms with Gasteiger partial charge in [-0.1, -0.05) is 13.8 Å². The van der Waals surface area contributed by atoms with Gasteiger partial charge in [0.1, 0.15) is 0 Å². The summed E-state index contributed by atoms with van der Waals surface area (Å²) < 4.78 is 0. The van der Waals surface area contributed by atoms with Crippen molar-refractivity contribution in [3.63, 3.8) is 0 Å². The minimum absolute atomic E-state index is 0.541. The Morgan fingerprint density at radius 3 is 2.21 bits per heavy atom. The maximum atomic E-state index is 3.51. The average molecular weight is 261 g/mol. The summed E-state index contributed by atoms with van der Waals surface area (Å²) in [7, 11) is 0. The van der Waals surface area contributed by atoms with Crippen LogP contribution in [-0.2, 0) is 0 Å². The first-order valence-electron chi connectivity index (χ1n) is 7.56. The molecule has 1 aliphatic rings. The van der Waals surface area contributed by atoms with Crippen molar-refractivity contribution in [2.45, 2.75) is 33.2 Å². The highest BCUT2D eigenvalue weighted by atomic mass is 15.3. The van der Waals surface area contributed by atoms with Gasteiger partial charge in [-0.15, -0.1) is 0 Å². The molecule has 2 rings (SSSR count). The molecule has 1 heterocycles. The number of anilines is 2. The van der Waals surface area contributed by atoms with E-state index >= 15 is 0 Å². The third-order valence-electron chi connectivity index (χ3n) is 4.08. The zero-order valence-corrected chi connectivity index (χ0v) is 12.5. The Bertz CT molecular complexity index is 366. The van der Waals surface area contributed by atoms with E-state index in [9.17, 15) is 0 Å². The molecule has 106 valence electrons. The van der Waals surface area contributed by atoms with Crippen LogP contribution in [0, 0.1) is 0 Å². The van der Waals surface area contributed by atoms with Gasteiger partial charge in [-0.2, -0.15) is 0 Å². The van der Waals surface area contributed by atoms with E-state index in [-0.39, 0.29) is 0 Å². The summed E-state index contributed by atoms with van der Waals surface area (Å²) in [5, 5.41) is 3.51. The van der Waals surface area contributed by atoms with Crippen LogP contribution in [0.15, 0.2) is 24.3 Å². The van der Waals surface area contributed by atoms with Crippen LogP contribution in [0.2, 0.25) is 0 Å². The van der Waals surface area contributed by atoms with Crippen LogP contribution >= 0.6 is 0 Å². The summed E-state index contributed by atoms with van der Waals surface area (Å²) in [6.45, 7) is 12.5. The van der Waals surface area contributed by atoms with Gasteiger partial charge >= 0.3 is 0 Å². The molecule has 3 nitrogen and oxygen atoms in total. The first-order valence-corrected chi connectivity index (χ1v) is 7.56. The van der Waals surface area contributed by atoms with Crippen LogP contribution in [0.25, 0.3) is 0 Å². The second kappa shape index (κ2) is 6.80. The third-order valence-corrected chi connectivity index (χ3v) is 4.08. The number of nitrogens with one attached hydrogen (secondary N) is 1. The van der Waals surface area contributed by atoms with Crippen molar-refractivity contribution in [1.29, 1.82) is 0 Å². The summed E-state index contributed by atoms with van der Waals surface area (Å²) in [4.78, 5) is 4.99. The van der Waals surface area contributed by atoms with Crippen LogP contribution in [0.3, 0.4) is 0 Å². The zero-order chi connectivity index (χ0) is 13.7. The summed E-state index contributed by atoms with van der Waals surface area (Å²) in [5.41, 5.74) is 2.58. The Labute approximate surface area is 117 Å². The number of hydrogen-bond acceptors (Lipinski definition) is 3. The van der Waals surface area contributed by atoms with E-state index in [1.807, 2.05) is 0 Å². The molecule has 1 aliphatic heterocycles. The molecule has 0 radical (unpaired) electrons. The fraction of sp³-hybridized carbons (Fsp3) is 0.625. The molecule has 3 heteroatoms. The standard InChI is InChI=1S/C16H27N3/c1-4-14(3)17-15-6-8-16(9-7-15)19-12-10-18(5-2)11-13-19/h6-9,14,17H,4-5,10-13H2,1-3H3. The van der Waals surface area contributed by atoms with Gasteiger partial charge in [0, 0.05) is 43.6 Å². The molecule has 0 saturated carbocycles. The van der Waals surface area contributed by atoms with Gasteiger partial charge in [-0.05, 0) is 44.2 Å². The molecular weight excluding hydrogens is 234 g/mol. The Kier molecular flexibility index (Phi) is 5.08. The summed E-state index contributed by atoms with van der Waals surface area (Å²) in [6.07, 6.45) is 1.15. The van der Waals surface area contributed by atoms with Crippen LogP contribution < -0.4 is 10.2 Å². The van der Waals surface area contributed by atoms with Crippen molar-refractivity contribution in [2.75, 3.05) is 42.9 Å². The lowest BCUT2D eigenvalue weighted by atomic mass is 10.2. The lowest BCUT2D eigenvalue weighted by molar-refractivity contribution is 0.271. The summed E-state index contributed by atoms with van der Waals surface area (Å²) in [5.74, 6) is 0. The molecular formula is C16H27N3. The second-order valence-corrected chi connectivity index (χ2v) is 5.42. The second-order valence-electron chi connectivity index (χ2n) is 5.42. The van der Waals surface area contributed by atoms with Crippen molar-refractivity contribution in [1.82, 2.24) is 4.90 Å². The van der Waals surface area contributed by atoms with Gasteiger partial charge < -0.3 is 15.1 Å². The van der Waals surface area contributed by atoms with E-state index in [2.05, 4.69) is 60.2 Å². The van der Waals surface area contributed by atoms with Crippen molar-refractivity contribution < 1.29 is 0 Å². The van der Waals surface area contributed by atoms with Gasteiger partial charge in [0.05, 0.1) is 0 Å². The van der Waals surface area contributed by atoms with Gasteiger partial charge in [0.2, 0.25) is 0 Å². The van der Waals surface area contributed by atoms with E-state index in [1.54, 1.807) is 0 Å². The summed E-state index contributed by atoms with van der Waals surface area (Å²) in [6, 6.07) is 9.43. The lowest BCUT2D eigenvalue weighted by Gasteiger charge is -2.35. The number of hydrogen-bond donors (Lipinski definition) is 1. The largest absolute Gasteiger partial charge is 0.383 e. The van der Waals surface area contributed by atoms with Crippen LogP contribution in [0.5, 0.6) is 0 Å². The first kappa shape index (κ1) is 14.2. The van der Waals surface area contributed by atoms with Gasteiger partial charge in [0.25, 0.3) is 0 Å². The number of piperazine rings is 1. The van der Waals surface area contributed by atoms with Crippen molar-refractivity contribution in [3.8, 4) is 0 Å². The van der Waals surface area contributed by atoms with Crippen molar-refractivity contribution in [3.05, 3.63) is 24.3 Å².